The average Bonchev–Trinajstić information content (AvgIpc) is 2.54. The SMILES string of the molecule is CC(C)(C)/C=C/CSCc1ccco1. The van der Waals surface area contributed by atoms with Crippen molar-refractivity contribution in [3.05, 3.63) is 36.3 Å². The molecule has 0 radical (unpaired) electrons. The normalized spacial score (nSPS) is 12.5. The van der Waals surface area contributed by atoms with Crippen LogP contribution in [0, 0.1) is 5.41 Å². The van der Waals surface area contributed by atoms with Crippen molar-refractivity contribution in [2.45, 2.75) is 26.5 Å². The smallest absolute Gasteiger partial charge is 0.113 e. The maximum absolute atomic E-state index is 5.24. The second-order valence-electron chi connectivity index (χ2n) is 4.36. The zero-order chi connectivity index (χ0) is 10.4. The quantitative estimate of drug-likeness (QED) is 0.548. The lowest BCUT2D eigenvalue weighted by Crippen LogP contribution is -1.98. The second-order valence-corrected chi connectivity index (χ2v) is 5.39. The van der Waals surface area contributed by atoms with Gasteiger partial charge in [0.1, 0.15) is 5.76 Å². The minimum atomic E-state index is 0.297. The minimum Gasteiger partial charge on any atom is -0.468 e. The van der Waals surface area contributed by atoms with E-state index in [2.05, 4.69) is 32.9 Å². The third kappa shape index (κ3) is 5.18. The van der Waals surface area contributed by atoms with Crippen molar-refractivity contribution in [2.75, 3.05) is 5.75 Å². The van der Waals surface area contributed by atoms with Gasteiger partial charge in [0.25, 0.3) is 0 Å². The third-order valence-electron chi connectivity index (χ3n) is 1.66. The van der Waals surface area contributed by atoms with Crippen LogP contribution < -0.4 is 0 Å². The van der Waals surface area contributed by atoms with E-state index >= 15 is 0 Å². The fourth-order valence-corrected chi connectivity index (χ4v) is 1.74. The lowest BCUT2D eigenvalue weighted by molar-refractivity contribution is 0.530. The van der Waals surface area contributed by atoms with Crippen LogP contribution in [-0.4, -0.2) is 5.75 Å². The lowest BCUT2D eigenvalue weighted by Gasteiger charge is -2.10. The summed E-state index contributed by atoms with van der Waals surface area (Å²) >= 11 is 1.87. The molecule has 0 saturated carbocycles. The molecule has 0 fully saturated rings. The molecule has 0 N–H and O–H groups in total. The van der Waals surface area contributed by atoms with Gasteiger partial charge < -0.3 is 4.42 Å². The highest BCUT2D eigenvalue weighted by Gasteiger charge is 2.02. The number of allylic oxidation sites excluding steroid dienone is 1. The fourth-order valence-electron chi connectivity index (χ4n) is 1.02. The monoisotopic (exact) mass is 210 g/mol. The first-order chi connectivity index (χ1) is 6.58. The third-order valence-corrected chi connectivity index (χ3v) is 2.57. The van der Waals surface area contributed by atoms with Gasteiger partial charge in [0, 0.05) is 5.75 Å². The Labute approximate surface area is 90.6 Å². The van der Waals surface area contributed by atoms with Crippen LogP contribution in [0.5, 0.6) is 0 Å². The zero-order valence-electron chi connectivity index (χ0n) is 9.12. The van der Waals surface area contributed by atoms with Crippen LogP contribution in [0.15, 0.2) is 35.0 Å². The van der Waals surface area contributed by atoms with Gasteiger partial charge >= 0.3 is 0 Å². The van der Waals surface area contributed by atoms with Crippen molar-refractivity contribution in [1.82, 2.24) is 0 Å². The first kappa shape index (κ1) is 11.4. The van der Waals surface area contributed by atoms with Crippen molar-refractivity contribution in [3.8, 4) is 0 Å². The molecular weight excluding hydrogens is 192 g/mol. The molecule has 0 unspecified atom stereocenters. The molecular formula is C12H18OS. The second kappa shape index (κ2) is 5.30. The molecule has 0 aromatic carbocycles. The molecule has 0 saturated heterocycles. The van der Waals surface area contributed by atoms with Gasteiger partial charge in [-0.25, -0.2) is 0 Å². The number of furan rings is 1. The predicted octanol–water partition coefficient (Wildman–Crippen LogP) is 4.12. The lowest BCUT2D eigenvalue weighted by atomic mass is 9.97. The Bertz CT molecular complexity index is 267. The summed E-state index contributed by atoms with van der Waals surface area (Å²) in [4.78, 5) is 0. The zero-order valence-corrected chi connectivity index (χ0v) is 9.93. The molecule has 1 heterocycles. The summed E-state index contributed by atoms with van der Waals surface area (Å²) in [5.41, 5.74) is 0.297. The molecule has 0 bridgehead atoms. The van der Waals surface area contributed by atoms with Crippen LogP contribution >= 0.6 is 11.8 Å². The Morgan fingerprint density at radius 1 is 1.43 bits per heavy atom. The minimum absolute atomic E-state index is 0.297. The molecule has 1 nitrogen and oxygen atoms in total. The van der Waals surface area contributed by atoms with E-state index < -0.39 is 0 Å². The maximum Gasteiger partial charge on any atom is 0.113 e. The highest BCUT2D eigenvalue weighted by Crippen LogP contribution is 2.17. The molecule has 2 heteroatoms. The van der Waals surface area contributed by atoms with E-state index in [0.29, 0.717) is 5.41 Å². The van der Waals surface area contributed by atoms with Crippen molar-refractivity contribution < 1.29 is 4.42 Å². The fraction of sp³-hybridized carbons (Fsp3) is 0.500. The van der Waals surface area contributed by atoms with E-state index in [4.69, 9.17) is 4.42 Å². The van der Waals surface area contributed by atoms with Gasteiger partial charge in [-0.15, -0.1) is 11.8 Å². The van der Waals surface area contributed by atoms with Crippen LogP contribution in [0.3, 0.4) is 0 Å². The first-order valence-electron chi connectivity index (χ1n) is 4.86. The summed E-state index contributed by atoms with van der Waals surface area (Å²) in [5.74, 6) is 3.07. The molecule has 14 heavy (non-hydrogen) atoms. The van der Waals surface area contributed by atoms with Crippen molar-refractivity contribution in [1.29, 1.82) is 0 Å². The van der Waals surface area contributed by atoms with Gasteiger partial charge in [-0.2, -0.15) is 0 Å². The largest absolute Gasteiger partial charge is 0.468 e. The first-order valence-corrected chi connectivity index (χ1v) is 6.01. The van der Waals surface area contributed by atoms with Gasteiger partial charge in [-0.1, -0.05) is 32.9 Å². The molecule has 0 aliphatic rings. The summed E-state index contributed by atoms with van der Waals surface area (Å²) in [6.45, 7) is 6.63. The summed E-state index contributed by atoms with van der Waals surface area (Å²) in [6, 6.07) is 3.95. The van der Waals surface area contributed by atoms with Crippen LogP contribution in [-0.2, 0) is 5.75 Å². The van der Waals surface area contributed by atoms with E-state index in [9.17, 15) is 0 Å². The maximum atomic E-state index is 5.24. The number of hydrogen-bond acceptors (Lipinski definition) is 2. The van der Waals surface area contributed by atoms with E-state index in [1.807, 2.05) is 23.9 Å². The molecule has 0 amide bonds. The Balaban J connectivity index is 2.14. The van der Waals surface area contributed by atoms with Crippen molar-refractivity contribution in [2.24, 2.45) is 5.41 Å². The molecule has 1 aromatic rings. The van der Waals surface area contributed by atoms with Gasteiger partial charge in [0.2, 0.25) is 0 Å². The molecule has 0 aliphatic heterocycles. The Kier molecular flexibility index (Phi) is 4.33. The van der Waals surface area contributed by atoms with Gasteiger partial charge in [-0.05, 0) is 17.5 Å². The van der Waals surface area contributed by atoms with E-state index in [1.165, 1.54) is 0 Å². The molecule has 1 rings (SSSR count). The van der Waals surface area contributed by atoms with Crippen LogP contribution in [0.2, 0.25) is 0 Å². The van der Waals surface area contributed by atoms with Crippen LogP contribution in [0.4, 0.5) is 0 Å². The number of thioether (sulfide) groups is 1. The summed E-state index contributed by atoms with van der Waals surface area (Å²) in [7, 11) is 0. The Morgan fingerprint density at radius 2 is 2.21 bits per heavy atom. The van der Waals surface area contributed by atoms with Crippen LogP contribution in [0.1, 0.15) is 26.5 Å². The van der Waals surface area contributed by atoms with Crippen molar-refractivity contribution in [3.63, 3.8) is 0 Å². The van der Waals surface area contributed by atoms with E-state index in [1.54, 1.807) is 6.26 Å². The molecule has 0 atom stereocenters. The molecule has 1 aromatic heterocycles. The Hall–Kier alpha value is -0.630. The highest BCUT2D eigenvalue weighted by molar-refractivity contribution is 7.98. The van der Waals surface area contributed by atoms with Crippen molar-refractivity contribution >= 4 is 11.8 Å². The summed E-state index contributed by atoms with van der Waals surface area (Å²) in [6.07, 6.45) is 6.20. The van der Waals surface area contributed by atoms with E-state index in [-0.39, 0.29) is 0 Å². The van der Waals surface area contributed by atoms with E-state index in [0.717, 1.165) is 17.3 Å². The molecule has 0 aliphatic carbocycles. The Morgan fingerprint density at radius 3 is 2.79 bits per heavy atom. The van der Waals surface area contributed by atoms with Gasteiger partial charge in [0.05, 0.1) is 12.0 Å². The number of hydrogen-bond donors (Lipinski definition) is 0. The number of rotatable bonds is 4. The summed E-state index contributed by atoms with van der Waals surface area (Å²) in [5, 5.41) is 0. The topological polar surface area (TPSA) is 13.1 Å². The van der Waals surface area contributed by atoms with Crippen LogP contribution in [0.25, 0.3) is 0 Å². The van der Waals surface area contributed by atoms with Gasteiger partial charge in [0.15, 0.2) is 0 Å². The summed E-state index contributed by atoms with van der Waals surface area (Å²) < 4.78 is 5.24. The average molecular weight is 210 g/mol. The molecule has 78 valence electrons. The molecule has 0 spiro atoms. The highest BCUT2D eigenvalue weighted by atomic mass is 32.2. The standard InChI is InChI=1S/C12H18OS/c1-12(2,3)7-5-9-14-10-11-6-4-8-13-11/h4-8H,9-10H2,1-3H3/b7-5+. The predicted molar refractivity (Wildman–Crippen MR) is 63.5 cm³/mol. The van der Waals surface area contributed by atoms with Gasteiger partial charge in [-0.3, -0.25) is 0 Å².